The topological polar surface area (TPSA) is 109 Å². The van der Waals surface area contributed by atoms with Gasteiger partial charge in [0.2, 0.25) is 10.0 Å². The van der Waals surface area contributed by atoms with Gasteiger partial charge in [-0.2, -0.15) is 0 Å². The van der Waals surface area contributed by atoms with Crippen LogP contribution in [0.25, 0.3) is 0 Å². The van der Waals surface area contributed by atoms with Gasteiger partial charge in [0.1, 0.15) is 11.6 Å². The summed E-state index contributed by atoms with van der Waals surface area (Å²) >= 11 is 0. The molecule has 146 valence electrons. The summed E-state index contributed by atoms with van der Waals surface area (Å²) in [5, 5.41) is 14.2. The number of anilines is 3. The van der Waals surface area contributed by atoms with Crippen LogP contribution in [-0.4, -0.2) is 36.7 Å². The van der Waals surface area contributed by atoms with Crippen molar-refractivity contribution in [2.45, 2.75) is 12.7 Å². The van der Waals surface area contributed by atoms with E-state index in [0.29, 0.717) is 24.0 Å². The first-order valence-corrected chi connectivity index (χ1v) is 10.4. The number of aryl methyl sites for hydroxylation is 1. The van der Waals surface area contributed by atoms with Crippen molar-refractivity contribution in [3.05, 3.63) is 71.9 Å². The molecule has 28 heavy (non-hydrogen) atoms. The minimum absolute atomic E-state index is 0.0406. The number of nitrogens with one attached hydrogen (secondary N) is 3. The minimum atomic E-state index is -3.38. The zero-order valence-corrected chi connectivity index (χ0v) is 16.3. The highest BCUT2D eigenvalue weighted by Gasteiger charge is 2.10. The van der Waals surface area contributed by atoms with Gasteiger partial charge in [-0.05, 0) is 36.2 Å². The summed E-state index contributed by atoms with van der Waals surface area (Å²) < 4.78 is 26.7. The van der Waals surface area contributed by atoms with Crippen LogP contribution in [0.5, 0.6) is 0 Å². The summed E-state index contributed by atoms with van der Waals surface area (Å²) in [4.78, 5) is 4.25. The lowest BCUT2D eigenvalue weighted by molar-refractivity contribution is 0.582. The van der Waals surface area contributed by atoms with Crippen LogP contribution in [0.15, 0.2) is 60.8 Å². The normalized spacial score (nSPS) is 11.2. The summed E-state index contributed by atoms with van der Waals surface area (Å²) in [5.74, 6) is 1.78. The molecule has 0 aliphatic heterocycles. The number of hydrogen-bond acceptors (Lipinski definition) is 7. The first kappa shape index (κ1) is 19.7. The van der Waals surface area contributed by atoms with Crippen LogP contribution in [0.2, 0.25) is 0 Å². The van der Waals surface area contributed by atoms with Crippen molar-refractivity contribution in [1.29, 1.82) is 0 Å². The molecule has 8 nitrogen and oxygen atoms in total. The van der Waals surface area contributed by atoms with Crippen LogP contribution in [0.3, 0.4) is 0 Å². The molecule has 9 heteroatoms. The highest BCUT2D eigenvalue weighted by Crippen LogP contribution is 2.12. The molecule has 0 atom stereocenters. The van der Waals surface area contributed by atoms with Crippen molar-refractivity contribution < 1.29 is 8.42 Å². The van der Waals surface area contributed by atoms with E-state index in [1.165, 1.54) is 0 Å². The third kappa shape index (κ3) is 6.29. The Labute approximate surface area is 164 Å². The molecule has 0 aliphatic rings. The molecular formula is C19H22N6O2S. The van der Waals surface area contributed by atoms with Crippen molar-refractivity contribution in [3.63, 3.8) is 0 Å². The fourth-order valence-electron chi connectivity index (χ4n) is 2.41. The van der Waals surface area contributed by atoms with Crippen molar-refractivity contribution in [1.82, 2.24) is 19.9 Å². The second-order valence-corrected chi connectivity index (χ2v) is 8.02. The highest BCUT2D eigenvalue weighted by atomic mass is 32.2. The average Bonchev–Trinajstić information content (AvgIpc) is 2.69. The molecular weight excluding hydrogens is 376 g/mol. The molecule has 0 radical (unpaired) electrons. The van der Waals surface area contributed by atoms with Crippen molar-refractivity contribution in [2.24, 2.45) is 0 Å². The fraction of sp³-hybridized carbons (Fsp3) is 0.211. The Balaban J connectivity index is 1.43. The molecule has 3 aromatic rings. The van der Waals surface area contributed by atoms with Gasteiger partial charge in [-0.3, -0.25) is 0 Å². The Morgan fingerprint density at radius 3 is 2.25 bits per heavy atom. The third-order valence-corrected chi connectivity index (χ3v) is 5.14. The third-order valence-electron chi connectivity index (χ3n) is 3.78. The van der Waals surface area contributed by atoms with Crippen molar-refractivity contribution >= 4 is 27.5 Å². The van der Waals surface area contributed by atoms with E-state index >= 15 is 0 Å². The van der Waals surface area contributed by atoms with E-state index in [9.17, 15) is 8.42 Å². The summed E-state index contributed by atoms with van der Waals surface area (Å²) in [6.45, 7) is 2.62. The van der Waals surface area contributed by atoms with Crippen LogP contribution in [0.4, 0.5) is 17.5 Å². The van der Waals surface area contributed by atoms with Crippen molar-refractivity contribution in [3.8, 4) is 0 Å². The number of benzene rings is 1. The fourth-order valence-corrected chi connectivity index (χ4v) is 3.55. The first-order chi connectivity index (χ1) is 13.5. The van der Waals surface area contributed by atoms with E-state index in [-0.39, 0.29) is 12.3 Å². The molecule has 0 saturated carbocycles. The minimum Gasteiger partial charge on any atom is -0.367 e. The van der Waals surface area contributed by atoms with Crippen LogP contribution < -0.4 is 15.4 Å². The van der Waals surface area contributed by atoms with E-state index in [1.54, 1.807) is 30.5 Å². The molecule has 0 unspecified atom stereocenters. The second kappa shape index (κ2) is 9.25. The van der Waals surface area contributed by atoms with Gasteiger partial charge < -0.3 is 10.6 Å². The zero-order chi connectivity index (χ0) is 19.8. The van der Waals surface area contributed by atoms with Crippen LogP contribution >= 0.6 is 0 Å². The molecule has 0 aliphatic carbocycles. The molecule has 3 N–H and O–H groups in total. The Morgan fingerprint density at radius 1 is 0.857 bits per heavy atom. The molecule has 1 aromatic carbocycles. The maximum atomic E-state index is 12.1. The predicted molar refractivity (Wildman–Crippen MR) is 110 cm³/mol. The second-order valence-electron chi connectivity index (χ2n) is 6.22. The monoisotopic (exact) mass is 398 g/mol. The largest absolute Gasteiger partial charge is 0.367 e. The number of pyridine rings is 1. The van der Waals surface area contributed by atoms with Gasteiger partial charge in [0.25, 0.3) is 0 Å². The molecule has 2 heterocycles. The molecule has 2 aromatic heterocycles. The standard InChI is InChI=1S/C19H22N6O2S/c1-15-7-8-17(21-13-15)23-19-10-9-18(24-25-19)20-11-12-22-28(26,27)14-16-5-3-2-4-6-16/h2-10,13,22H,11-12,14H2,1H3,(H,20,24)(H,21,23,25). The maximum absolute atomic E-state index is 12.1. The lowest BCUT2D eigenvalue weighted by Crippen LogP contribution is -2.30. The Bertz CT molecular complexity index is 977. The molecule has 0 spiro atoms. The highest BCUT2D eigenvalue weighted by molar-refractivity contribution is 7.88. The van der Waals surface area contributed by atoms with Gasteiger partial charge in [-0.25, -0.2) is 18.1 Å². The Morgan fingerprint density at radius 2 is 1.57 bits per heavy atom. The van der Waals surface area contributed by atoms with Gasteiger partial charge in [-0.15, -0.1) is 10.2 Å². The van der Waals surface area contributed by atoms with E-state index < -0.39 is 10.0 Å². The van der Waals surface area contributed by atoms with Gasteiger partial charge in [-0.1, -0.05) is 36.4 Å². The zero-order valence-electron chi connectivity index (χ0n) is 15.5. The summed E-state index contributed by atoms with van der Waals surface area (Å²) in [6.07, 6.45) is 1.77. The molecule has 0 amide bonds. The predicted octanol–water partition coefficient (Wildman–Crippen LogP) is 2.46. The number of aromatic nitrogens is 3. The number of nitrogens with zero attached hydrogens (tertiary/aromatic N) is 3. The average molecular weight is 398 g/mol. The van der Waals surface area contributed by atoms with Crippen LogP contribution in [0, 0.1) is 6.92 Å². The Hall–Kier alpha value is -3.04. The van der Waals surface area contributed by atoms with E-state index in [1.807, 2.05) is 37.3 Å². The maximum Gasteiger partial charge on any atom is 0.215 e. The van der Waals surface area contributed by atoms with E-state index in [4.69, 9.17) is 0 Å². The quantitative estimate of drug-likeness (QED) is 0.475. The SMILES string of the molecule is Cc1ccc(Nc2ccc(NCCNS(=O)(=O)Cc3ccccc3)nn2)nc1. The number of sulfonamides is 1. The number of hydrogen-bond donors (Lipinski definition) is 3. The summed E-state index contributed by atoms with van der Waals surface area (Å²) in [6, 6.07) is 16.4. The van der Waals surface area contributed by atoms with Gasteiger partial charge in [0.05, 0.1) is 5.75 Å². The molecule has 0 saturated heterocycles. The summed E-state index contributed by atoms with van der Waals surface area (Å²) in [7, 11) is -3.38. The number of rotatable bonds is 9. The lowest BCUT2D eigenvalue weighted by atomic mass is 10.2. The Kier molecular flexibility index (Phi) is 6.51. The van der Waals surface area contributed by atoms with Gasteiger partial charge >= 0.3 is 0 Å². The molecule has 0 bridgehead atoms. The van der Waals surface area contributed by atoms with Gasteiger partial charge in [0.15, 0.2) is 5.82 Å². The van der Waals surface area contributed by atoms with Gasteiger partial charge in [0, 0.05) is 19.3 Å². The molecule has 0 fully saturated rings. The van der Waals surface area contributed by atoms with E-state index in [2.05, 4.69) is 30.5 Å². The smallest absolute Gasteiger partial charge is 0.215 e. The van der Waals surface area contributed by atoms with E-state index in [0.717, 1.165) is 11.1 Å². The van der Waals surface area contributed by atoms with Crippen LogP contribution in [-0.2, 0) is 15.8 Å². The lowest BCUT2D eigenvalue weighted by Gasteiger charge is -2.09. The van der Waals surface area contributed by atoms with Crippen LogP contribution in [0.1, 0.15) is 11.1 Å². The molecule has 3 rings (SSSR count). The summed E-state index contributed by atoms with van der Waals surface area (Å²) in [5.41, 5.74) is 1.83. The first-order valence-electron chi connectivity index (χ1n) is 8.79. The van der Waals surface area contributed by atoms with Crippen molar-refractivity contribution in [2.75, 3.05) is 23.7 Å².